The lowest BCUT2D eigenvalue weighted by atomic mass is 9.78. The van der Waals surface area contributed by atoms with Crippen LogP contribution in [0.2, 0.25) is 0 Å². The number of halogens is 1. The summed E-state index contributed by atoms with van der Waals surface area (Å²) in [6.45, 7) is 3.11. The molecule has 3 aromatic carbocycles. The number of nitrogens with zero attached hydrogens (tertiary/aromatic N) is 4. The van der Waals surface area contributed by atoms with Crippen molar-refractivity contribution in [2.45, 2.75) is 55.0 Å². The predicted octanol–water partition coefficient (Wildman–Crippen LogP) is 4.41. The Bertz CT molecular complexity index is 1880. The van der Waals surface area contributed by atoms with Crippen LogP contribution in [0.4, 0.5) is 10.1 Å². The van der Waals surface area contributed by atoms with Crippen molar-refractivity contribution in [2.24, 2.45) is 0 Å². The molecule has 0 aromatic heterocycles. The summed E-state index contributed by atoms with van der Waals surface area (Å²) in [5.41, 5.74) is -0.583. The quantitative estimate of drug-likeness (QED) is 0.286. The van der Waals surface area contributed by atoms with E-state index >= 15 is 9.18 Å². The van der Waals surface area contributed by atoms with E-state index < -0.39 is 33.3 Å². The molecule has 268 valence electrons. The summed E-state index contributed by atoms with van der Waals surface area (Å²) in [5, 5.41) is 0. The van der Waals surface area contributed by atoms with Gasteiger partial charge >= 0.3 is 0 Å². The Kier molecular flexibility index (Phi) is 10.1. The molecule has 50 heavy (non-hydrogen) atoms. The number of methoxy groups -OCH3 is 3. The van der Waals surface area contributed by atoms with Crippen LogP contribution in [0.15, 0.2) is 59.5 Å². The van der Waals surface area contributed by atoms with E-state index in [-0.39, 0.29) is 34.3 Å². The molecule has 0 radical (unpaired) electrons. The summed E-state index contributed by atoms with van der Waals surface area (Å²) in [7, 11) is 2.87. The third kappa shape index (κ3) is 5.98. The van der Waals surface area contributed by atoms with E-state index in [0.29, 0.717) is 36.3 Å². The van der Waals surface area contributed by atoms with Crippen LogP contribution in [0, 0.1) is 5.82 Å². The maximum atomic E-state index is 15.7. The molecule has 11 nitrogen and oxygen atoms in total. The highest BCUT2D eigenvalue weighted by Gasteiger charge is 2.63. The summed E-state index contributed by atoms with van der Waals surface area (Å²) >= 11 is 0. The van der Waals surface area contributed by atoms with Crippen molar-refractivity contribution in [2.75, 3.05) is 65.9 Å². The number of likely N-dealkylation sites (tertiary alicyclic amines) is 2. The second-order valence-corrected chi connectivity index (χ2v) is 15.0. The standard InChI is InChI=1S/C37H45FN4O7S/c1-39(2)35(43)31-10-6-7-20-41(31)37(29-22-25(11-15-32(29)48-4)17-21-40-18-8-9-19-40)28-23-26(38)12-14-30(28)42(36(37)44)50(45,46)34-16-13-27(47-3)24-33(34)49-5/h11-16,22-24,31H,6-10,17-21H2,1-5H3/t31-,37?/m0/s1. The molecule has 2 atom stereocenters. The Morgan fingerprint density at radius 3 is 2.28 bits per heavy atom. The molecule has 0 spiro atoms. The molecule has 0 bridgehead atoms. The first-order chi connectivity index (χ1) is 24.0. The summed E-state index contributed by atoms with van der Waals surface area (Å²) in [4.78, 5) is 35.0. The average Bonchev–Trinajstić information content (AvgIpc) is 3.74. The van der Waals surface area contributed by atoms with Crippen molar-refractivity contribution >= 4 is 27.5 Å². The number of amides is 2. The SMILES string of the molecule is COc1ccc(S(=O)(=O)N2C(=O)C(c3cc(CCN4CCCC4)ccc3OC)(N3CCCC[C@H]3C(=O)N(C)C)c3cc(F)ccc32)c(OC)c1. The van der Waals surface area contributed by atoms with Gasteiger partial charge in [0.1, 0.15) is 28.0 Å². The summed E-state index contributed by atoms with van der Waals surface area (Å²) in [6.07, 6.45) is 4.74. The number of rotatable bonds is 11. The average molecular weight is 709 g/mol. The highest BCUT2D eigenvalue weighted by molar-refractivity contribution is 7.93. The molecule has 0 aliphatic carbocycles. The first-order valence-electron chi connectivity index (χ1n) is 17.0. The van der Waals surface area contributed by atoms with E-state index in [9.17, 15) is 13.2 Å². The van der Waals surface area contributed by atoms with Gasteiger partial charge in [0.05, 0.1) is 33.1 Å². The number of carbonyl (C=O) groups excluding carboxylic acids is 2. The summed E-state index contributed by atoms with van der Waals surface area (Å²) < 4.78 is 62.7. The zero-order valence-electron chi connectivity index (χ0n) is 29.3. The third-order valence-corrected chi connectivity index (χ3v) is 11.9. The van der Waals surface area contributed by atoms with Crippen molar-refractivity contribution in [3.8, 4) is 17.2 Å². The predicted molar refractivity (Wildman–Crippen MR) is 187 cm³/mol. The number of fused-ring (bicyclic) bond motifs is 1. The maximum absolute atomic E-state index is 15.7. The smallest absolute Gasteiger partial charge is 0.274 e. The van der Waals surface area contributed by atoms with E-state index in [2.05, 4.69) is 4.90 Å². The number of carbonyl (C=O) groups is 2. The number of sulfonamides is 1. The second-order valence-electron chi connectivity index (χ2n) is 13.2. The Morgan fingerprint density at radius 1 is 0.880 bits per heavy atom. The van der Waals surface area contributed by atoms with E-state index in [1.807, 2.05) is 12.1 Å². The molecule has 2 fully saturated rings. The van der Waals surface area contributed by atoms with E-state index in [1.165, 1.54) is 56.6 Å². The van der Waals surface area contributed by atoms with E-state index in [4.69, 9.17) is 14.2 Å². The molecule has 3 aliphatic heterocycles. The molecule has 3 aliphatic rings. The molecule has 0 saturated carbocycles. The maximum Gasteiger partial charge on any atom is 0.274 e. The molecule has 0 N–H and O–H groups in total. The number of likely N-dealkylation sites (N-methyl/N-ethyl adjacent to an activating group) is 1. The van der Waals surface area contributed by atoms with Gasteiger partial charge in [-0.05, 0) is 93.2 Å². The monoisotopic (exact) mass is 708 g/mol. The van der Waals surface area contributed by atoms with Crippen LogP contribution in [0.5, 0.6) is 17.2 Å². The molecular formula is C37H45FN4O7S. The number of ether oxygens (including phenoxy) is 3. The number of hydrogen-bond donors (Lipinski definition) is 0. The lowest BCUT2D eigenvalue weighted by Gasteiger charge is -2.47. The fourth-order valence-corrected chi connectivity index (χ4v) is 9.34. The van der Waals surface area contributed by atoms with Gasteiger partial charge in [-0.15, -0.1) is 0 Å². The Morgan fingerprint density at radius 2 is 1.60 bits per heavy atom. The number of benzene rings is 3. The highest BCUT2D eigenvalue weighted by atomic mass is 32.2. The zero-order chi connectivity index (χ0) is 35.8. The van der Waals surface area contributed by atoms with Gasteiger partial charge < -0.3 is 24.0 Å². The fraction of sp³-hybridized carbons (Fsp3) is 0.459. The van der Waals surface area contributed by atoms with Crippen molar-refractivity contribution in [3.05, 3.63) is 77.1 Å². The molecule has 2 saturated heterocycles. The molecular weight excluding hydrogens is 663 g/mol. The minimum Gasteiger partial charge on any atom is -0.497 e. The number of anilines is 1. The summed E-state index contributed by atoms with van der Waals surface area (Å²) in [5.74, 6) is -1.10. The van der Waals surface area contributed by atoms with E-state index in [1.54, 1.807) is 25.1 Å². The van der Waals surface area contributed by atoms with Crippen LogP contribution in [-0.4, -0.2) is 103 Å². The van der Waals surface area contributed by atoms with Gasteiger partial charge in [-0.3, -0.25) is 14.5 Å². The molecule has 2 amide bonds. The fourth-order valence-electron chi connectivity index (χ4n) is 7.74. The normalized spacial score (nSPS) is 21.3. The highest BCUT2D eigenvalue weighted by Crippen LogP contribution is 2.55. The van der Waals surface area contributed by atoms with Crippen LogP contribution < -0.4 is 18.5 Å². The van der Waals surface area contributed by atoms with Crippen molar-refractivity contribution in [1.29, 1.82) is 0 Å². The Hall–Kier alpha value is -4.20. The number of hydrogen-bond acceptors (Lipinski definition) is 9. The van der Waals surface area contributed by atoms with Gasteiger partial charge in [-0.2, -0.15) is 0 Å². The van der Waals surface area contributed by atoms with Gasteiger partial charge in [-0.1, -0.05) is 12.5 Å². The zero-order valence-corrected chi connectivity index (χ0v) is 30.1. The molecule has 6 rings (SSSR count). The Balaban J connectivity index is 1.63. The topological polar surface area (TPSA) is 109 Å². The summed E-state index contributed by atoms with van der Waals surface area (Å²) in [6, 6.07) is 12.7. The van der Waals surface area contributed by atoms with Gasteiger partial charge in [0, 0.05) is 44.4 Å². The van der Waals surface area contributed by atoms with Crippen LogP contribution >= 0.6 is 0 Å². The molecule has 13 heteroatoms. The molecule has 3 aromatic rings. The molecule has 3 heterocycles. The van der Waals surface area contributed by atoms with Crippen LogP contribution in [0.3, 0.4) is 0 Å². The van der Waals surface area contributed by atoms with Gasteiger partial charge in [-0.25, -0.2) is 17.1 Å². The largest absolute Gasteiger partial charge is 0.497 e. The third-order valence-electron chi connectivity index (χ3n) is 10.2. The van der Waals surface area contributed by atoms with Crippen molar-refractivity contribution in [1.82, 2.24) is 14.7 Å². The van der Waals surface area contributed by atoms with Gasteiger partial charge in [0.2, 0.25) is 5.91 Å². The first-order valence-corrected chi connectivity index (χ1v) is 18.4. The molecule has 1 unspecified atom stereocenters. The lowest BCUT2D eigenvalue weighted by Crippen LogP contribution is -2.62. The second kappa shape index (κ2) is 14.2. The van der Waals surface area contributed by atoms with Crippen molar-refractivity contribution in [3.63, 3.8) is 0 Å². The van der Waals surface area contributed by atoms with Crippen LogP contribution in [0.25, 0.3) is 0 Å². The lowest BCUT2D eigenvalue weighted by molar-refractivity contribution is -0.142. The first kappa shape index (κ1) is 35.6. The minimum absolute atomic E-state index is 0.0135. The van der Waals surface area contributed by atoms with E-state index in [0.717, 1.165) is 54.8 Å². The Labute approximate surface area is 293 Å². The van der Waals surface area contributed by atoms with Gasteiger partial charge in [0.25, 0.3) is 15.9 Å². The van der Waals surface area contributed by atoms with Gasteiger partial charge in [0.15, 0.2) is 5.54 Å². The van der Waals surface area contributed by atoms with Crippen LogP contribution in [0.1, 0.15) is 48.8 Å². The van der Waals surface area contributed by atoms with Crippen molar-refractivity contribution < 1.29 is 36.6 Å². The minimum atomic E-state index is -4.69. The number of piperidine rings is 1. The van der Waals surface area contributed by atoms with Crippen LogP contribution in [-0.2, 0) is 31.6 Å².